The third-order valence-electron chi connectivity index (χ3n) is 6.27. The van der Waals surface area contributed by atoms with Crippen LogP contribution in [0.1, 0.15) is 54.3 Å². The molecule has 0 radical (unpaired) electrons. The molecule has 1 fully saturated rings. The highest BCUT2D eigenvalue weighted by atomic mass is 16.2. The molecule has 158 valence electrons. The summed E-state index contributed by atoms with van der Waals surface area (Å²) in [5, 5.41) is 3.62. The summed E-state index contributed by atoms with van der Waals surface area (Å²) < 4.78 is 0. The van der Waals surface area contributed by atoms with E-state index in [0.29, 0.717) is 11.5 Å². The topological polar surface area (TPSA) is 65.5 Å². The number of hydrogen-bond acceptors (Lipinski definition) is 4. The van der Waals surface area contributed by atoms with E-state index >= 15 is 0 Å². The number of rotatable bonds is 4. The summed E-state index contributed by atoms with van der Waals surface area (Å²) in [6.45, 7) is 5.82. The second-order valence-corrected chi connectivity index (χ2v) is 8.84. The Kier molecular flexibility index (Phi) is 5.26. The number of nitrogens with one attached hydrogen (secondary N) is 1. The average Bonchev–Trinajstić information content (AvgIpc) is 3.53. The standard InChI is InChI=1S/C24H30N4O2/c1-14-7-6-8-21(25-14)26-22-15(2)23(17-9-10-17)28(16(3)29)20-12-11-18(13-19(20)22)24(30)27(4)5/h6-8,11-13,15,17,22-23H,9-10H2,1-5H3,(H,25,26)/t15-,22-,23-/m1/s1. The van der Waals surface area contributed by atoms with E-state index in [9.17, 15) is 9.59 Å². The van der Waals surface area contributed by atoms with Crippen molar-refractivity contribution < 1.29 is 9.59 Å². The molecular weight excluding hydrogens is 376 g/mol. The minimum absolute atomic E-state index is 0.0367. The Balaban J connectivity index is 1.83. The van der Waals surface area contributed by atoms with Gasteiger partial charge in [0.15, 0.2) is 0 Å². The van der Waals surface area contributed by atoms with Gasteiger partial charge in [-0.15, -0.1) is 0 Å². The predicted octanol–water partition coefficient (Wildman–Crippen LogP) is 4.03. The van der Waals surface area contributed by atoms with Crippen LogP contribution in [0.5, 0.6) is 0 Å². The Hall–Kier alpha value is -2.89. The quantitative estimate of drug-likeness (QED) is 0.833. The molecule has 6 nitrogen and oxygen atoms in total. The number of amides is 2. The molecule has 3 atom stereocenters. The molecule has 1 N–H and O–H groups in total. The lowest BCUT2D eigenvalue weighted by Gasteiger charge is -2.46. The molecule has 2 heterocycles. The first-order chi connectivity index (χ1) is 14.3. The van der Waals surface area contributed by atoms with Gasteiger partial charge in [-0.05, 0) is 61.6 Å². The van der Waals surface area contributed by atoms with E-state index in [1.807, 2.05) is 48.2 Å². The van der Waals surface area contributed by atoms with Crippen LogP contribution < -0.4 is 10.2 Å². The lowest BCUT2D eigenvalue weighted by Crippen LogP contribution is -2.51. The fourth-order valence-electron chi connectivity index (χ4n) is 4.74. The Morgan fingerprint density at radius 1 is 1.17 bits per heavy atom. The van der Waals surface area contributed by atoms with E-state index in [1.165, 1.54) is 0 Å². The fourth-order valence-corrected chi connectivity index (χ4v) is 4.74. The summed E-state index contributed by atoms with van der Waals surface area (Å²) in [6, 6.07) is 11.8. The van der Waals surface area contributed by atoms with Crippen LogP contribution in [0.2, 0.25) is 0 Å². The van der Waals surface area contributed by atoms with Crippen molar-refractivity contribution in [3.05, 3.63) is 53.2 Å². The zero-order valence-electron chi connectivity index (χ0n) is 18.3. The van der Waals surface area contributed by atoms with Crippen molar-refractivity contribution in [1.82, 2.24) is 9.88 Å². The molecule has 1 saturated carbocycles. The highest BCUT2D eigenvalue weighted by Crippen LogP contribution is 2.50. The predicted molar refractivity (Wildman–Crippen MR) is 119 cm³/mol. The number of hydrogen-bond donors (Lipinski definition) is 1. The molecule has 2 aromatic rings. The van der Waals surface area contributed by atoms with Crippen molar-refractivity contribution in [1.29, 1.82) is 0 Å². The second-order valence-electron chi connectivity index (χ2n) is 8.84. The normalized spacial score (nSPS) is 23.0. The zero-order chi connectivity index (χ0) is 21.6. The van der Waals surface area contributed by atoms with Gasteiger partial charge in [0.2, 0.25) is 5.91 Å². The Morgan fingerprint density at radius 2 is 1.90 bits per heavy atom. The van der Waals surface area contributed by atoms with Crippen molar-refractivity contribution in [2.75, 3.05) is 24.3 Å². The van der Waals surface area contributed by atoms with Crippen molar-refractivity contribution in [2.45, 2.75) is 45.7 Å². The van der Waals surface area contributed by atoms with E-state index in [-0.39, 0.29) is 29.8 Å². The van der Waals surface area contributed by atoms with Gasteiger partial charge in [0.25, 0.3) is 5.91 Å². The van der Waals surface area contributed by atoms with E-state index in [0.717, 1.165) is 35.6 Å². The SMILES string of the molecule is CC(=O)N1c2ccc(C(=O)N(C)C)cc2[C@H](Nc2cccc(C)n2)[C@@H](C)[C@@H]1C1CC1. The Morgan fingerprint density at radius 3 is 2.50 bits per heavy atom. The van der Waals surface area contributed by atoms with Gasteiger partial charge in [-0.1, -0.05) is 13.0 Å². The first-order valence-electron chi connectivity index (χ1n) is 10.6. The van der Waals surface area contributed by atoms with Crippen LogP contribution >= 0.6 is 0 Å². The number of carbonyl (C=O) groups excluding carboxylic acids is 2. The van der Waals surface area contributed by atoms with E-state index in [2.05, 4.69) is 17.2 Å². The number of nitrogens with zero attached hydrogens (tertiary/aromatic N) is 3. The van der Waals surface area contributed by atoms with E-state index in [1.54, 1.807) is 25.9 Å². The van der Waals surface area contributed by atoms with Gasteiger partial charge in [0.05, 0.1) is 6.04 Å². The Bertz CT molecular complexity index is 983. The van der Waals surface area contributed by atoms with Crippen LogP contribution in [0.15, 0.2) is 36.4 Å². The minimum atomic E-state index is -0.0448. The lowest BCUT2D eigenvalue weighted by atomic mass is 9.79. The van der Waals surface area contributed by atoms with Crippen LogP contribution in [0.3, 0.4) is 0 Å². The van der Waals surface area contributed by atoms with Crippen LogP contribution in [0.25, 0.3) is 0 Å². The number of aryl methyl sites for hydroxylation is 1. The molecule has 0 bridgehead atoms. The molecule has 1 aromatic heterocycles. The van der Waals surface area contributed by atoms with Crippen molar-refractivity contribution in [3.8, 4) is 0 Å². The van der Waals surface area contributed by atoms with Crippen LogP contribution in [-0.4, -0.2) is 41.8 Å². The molecular formula is C24H30N4O2. The summed E-state index contributed by atoms with van der Waals surface area (Å²) >= 11 is 0. The maximum atomic E-state index is 12.7. The largest absolute Gasteiger partial charge is 0.363 e. The number of benzene rings is 1. The van der Waals surface area contributed by atoms with E-state index in [4.69, 9.17) is 0 Å². The number of aromatic nitrogens is 1. The first-order valence-corrected chi connectivity index (χ1v) is 10.6. The molecule has 4 rings (SSSR count). The minimum Gasteiger partial charge on any atom is -0.363 e. The van der Waals surface area contributed by atoms with Gasteiger partial charge >= 0.3 is 0 Å². The average molecular weight is 407 g/mol. The zero-order valence-corrected chi connectivity index (χ0v) is 18.3. The summed E-state index contributed by atoms with van der Waals surface area (Å²) in [5.74, 6) is 1.53. The summed E-state index contributed by atoms with van der Waals surface area (Å²) in [4.78, 5) is 33.5. The van der Waals surface area contributed by atoms with Crippen LogP contribution in [0.4, 0.5) is 11.5 Å². The summed E-state index contributed by atoms with van der Waals surface area (Å²) in [7, 11) is 3.50. The monoisotopic (exact) mass is 406 g/mol. The van der Waals surface area contributed by atoms with E-state index < -0.39 is 0 Å². The van der Waals surface area contributed by atoms with Crippen molar-refractivity contribution >= 4 is 23.3 Å². The molecule has 30 heavy (non-hydrogen) atoms. The maximum absolute atomic E-state index is 12.7. The molecule has 0 spiro atoms. The van der Waals surface area contributed by atoms with Crippen molar-refractivity contribution in [3.63, 3.8) is 0 Å². The van der Waals surface area contributed by atoms with Gasteiger partial charge in [-0.2, -0.15) is 0 Å². The molecule has 0 unspecified atom stereocenters. The van der Waals surface area contributed by atoms with Crippen LogP contribution in [0, 0.1) is 18.8 Å². The molecule has 2 aliphatic rings. The number of fused-ring (bicyclic) bond motifs is 1. The highest BCUT2D eigenvalue weighted by molar-refractivity contribution is 5.98. The number of pyridine rings is 1. The first kappa shape index (κ1) is 20.4. The van der Waals surface area contributed by atoms with Crippen LogP contribution in [-0.2, 0) is 4.79 Å². The fraction of sp³-hybridized carbons (Fsp3) is 0.458. The van der Waals surface area contributed by atoms with Gasteiger partial charge in [0.1, 0.15) is 5.82 Å². The molecule has 2 amide bonds. The van der Waals surface area contributed by atoms with Gasteiger partial charge in [-0.3, -0.25) is 9.59 Å². The molecule has 6 heteroatoms. The molecule has 1 aliphatic carbocycles. The maximum Gasteiger partial charge on any atom is 0.253 e. The molecule has 1 aromatic carbocycles. The summed E-state index contributed by atoms with van der Waals surface area (Å²) in [5.41, 5.74) is 3.45. The van der Waals surface area contributed by atoms with Crippen molar-refractivity contribution in [2.24, 2.45) is 11.8 Å². The third-order valence-corrected chi connectivity index (χ3v) is 6.27. The molecule has 1 aliphatic heterocycles. The lowest BCUT2D eigenvalue weighted by molar-refractivity contribution is -0.117. The smallest absolute Gasteiger partial charge is 0.253 e. The summed E-state index contributed by atoms with van der Waals surface area (Å²) in [6.07, 6.45) is 2.31. The third kappa shape index (κ3) is 3.66. The second kappa shape index (κ2) is 7.74. The highest BCUT2D eigenvalue weighted by Gasteiger charge is 2.47. The molecule has 0 saturated heterocycles. The van der Waals surface area contributed by atoms with Gasteiger partial charge < -0.3 is 15.1 Å². The van der Waals surface area contributed by atoms with Gasteiger partial charge in [-0.25, -0.2) is 4.98 Å². The Labute approximate surface area is 178 Å². The number of carbonyl (C=O) groups is 2. The number of anilines is 2. The van der Waals surface area contributed by atoms with Gasteiger partial charge in [0, 0.05) is 49.9 Å².